The Kier molecular flexibility index (Phi) is 4.99. The van der Waals surface area contributed by atoms with Crippen LogP contribution < -0.4 is 5.32 Å². The predicted molar refractivity (Wildman–Crippen MR) is 81.1 cm³/mol. The zero-order valence-electron chi connectivity index (χ0n) is 11.0. The van der Waals surface area contributed by atoms with Crippen LogP contribution >= 0.6 is 15.9 Å². The molecule has 1 amide bonds. The first-order valence-corrected chi connectivity index (χ1v) is 6.99. The quantitative estimate of drug-likeness (QED) is 0.664. The van der Waals surface area contributed by atoms with Gasteiger partial charge in [-0.15, -0.1) is 0 Å². The molecule has 1 aromatic carbocycles. The van der Waals surface area contributed by atoms with Crippen molar-refractivity contribution >= 4 is 27.5 Å². The van der Waals surface area contributed by atoms with Crippen LogP contribution in [-0.4, -0.2) is 22.4 Å². The number of halogens is 1. The molecule has 0 aliphatic rings. The molecule has 1 N–H and O–H groups in total. The second kappa shape index (κ2) is 6.94. The Bertz CT molecular complexity index is 662. The molecule has 0 bridgehead atoms. The molecular formula is C14H12BrN3O3. The zero-order valence-corrected chi connectivity index (χ0v) is 12.5. The summed E-state index contributed by atoms with van der Waals surface area (Å²) in [6, 6.07) is 9.87. The third kappa shape index (κ3) is 4.09. The SMILES string of the molecule is O=C(NCCc1ccccn1)c1ccc(Br)cc1[N+](=O)[O-]. The normalized spacial score (nSPS) is 10.1. The molecule has 21 heavy (non-hydrogen) atoms. The highest BCUT2D eigenvalue weighted by Crippen LogP contribution is 2.23. The molecule has 0 fully saturated rings. The van der Waals surface area contributed by atoms with Crippen LogP contribution in [0.25, 0.3) is 0 Å². The van der Waals surface area contributed by atoms with Crippen LogP contribution in [0.4, 0.5) is 5.69 Å². The summed E-state index contributed by atoms with van der Waals surface area (Å²) in [5.41, 5.74) is 0.673. The van der Waals surface area contributed by atoms with Gasteiger partial charge in [-0.1, -0.05) is 22.0 Å². The maximum Gasteiger partial charge on any atom is 0.283 e. The second-order valence-corrected chi connectivity index (χ2v) is 5.16. The molecule has 0 aliphatic carbocycles. The van der Waals surface area contributed by atoms with Gasteiger partial charge in [-0.3, -0.25) is 19.9 Å². The predicted octanol–water partition coefficient (Wildman–Crippen LogP) is 2.72. The molecule has 2 rings (SSSR count). The van der Waals surface area contributed by atoms with Crippen molar-refractivity contribution in [3.8, 4) is 0 Å². The number of benzene rings is 1. The first-order chi connectivity index (χ1) is 10.1. The van der Waals surface area contributed by atoms with Crippen molar-refractivity contribution in [3.05, 3.63) is 68.4 Å². The molecule has 0 aliphatic heterocycles. The molecule has 0 atom stereocenters. The van der Waals surface area contributed by atoms with Gasteiger partial charge in [-0.2, -0.15) is 0 Å². The topological polar surface area (TPSA) is 85.1 Å². The number of carbonyl (C=O) groups excluding carboxylic acids is 1. The lowest BCUT2D eigenvalue weighted by atomic mass is 10.1. The van der Waals surface area contributed by atoms with Crippen molar-refractivity contribution in [3.63, 3.8) is 0 Å². The first kappa shape index (κ1) is 15.1. The van der Waals surface area contributed by atoms with Crippen molar-refractivity contribution in [2.45, 2.75) is 6.42 Å². The van der Waals surface area contributed by atoms with Crippen LogP contribution in [0.3, 0.4) is 0 Å². The monoisotopic (exact) mass is 349 g/mol. The van der Waals surface area contributed by atoms with Crippen LogP contribution in [-0.2, 0) is 6.42 Å². The molecule has 1 heterocycles. The molecule has 0 saturated heterocycles. The Morgan fingerprint density at radius 1 is 1.33 bits per heavy atom. The highest BCUT2D eigenvalue weighted by atomic mass is 79.9. The molecular weight excluding hydrogens is 338 g/mol. The van der Waals surface area contributed by atoms with Crippen LogP contribution in [0.5, 0.6) is 0 Å². The van der Waals surface area contributed by atoms with Crippen LogP contribution in [0.1, 0.15) is 16.1 Å². The fraction of sp³-hybridized carbons (Fsp3) is 0.143. The van der Waals surface area contributed by atoms with E-state index < -0.39 is 10.8 Å². The molecule has 6 nitrogen and oxygen atoms in total. The smallest absolute Gasteiger partial charge is 0.283 e. The number of nitrogens with one attached hydrogen (secondary N) is 1. The van der Waals surface area contributed by atoms with E-state index in [9.17, 15) is 14.9 Å². The number of hydrogen-bond donors (Lipinski definition) is 1. The van der Waals surface area contributed by atoms with E-state index in [2.05, 4.69) is 26.2 Å². The standard InChI is InChI=1S/C14H12BrN3O3/c15-10-4-5-12(13(9-10)18(20)21)14(19)17-8-6-11-3-1-2-7-16-11/h1-5,7,9H,6,8H2,(H,17,19). The third-order valence-corrected chi connectivity index (χ3v) is 3.29. The van der Waals surface area contributed by atoms with Gasteiger partial charge in [0.25, 0.3) is 11.6 Å². The fourth-order valence-corrected chi connectivity index (χ4v) is 2.14. The number of nitro benzene ring substituents is 1. The number of aromatic nitrogens is 1. The lowest BCUT2D eigenvalue weighted by Crippen LogP contribution is -2.26. The summed E-state index contributed by atoms with van der Waals surface area (Å²) in [4.78, 5) is 26.6. The summed E-state index contributed by atoms with van der Waals surface area (Å²) >= 11 is 3.15. The van der Waals surface area contributed by atoms with Crippen LogP contribution in [0.2, 0.25) is 0 Å². The molecule has 2 aromatic rings. The fourth-order valence-electron chi connectivity index (χ4n) is 1.79. The van der Waals surface area contributed by atoms with Crippen LogP contribution in [0.15, 0.2) is 47.1 Å². The van der Waals surface area contributed by atoms with E-state index in [1.165, 1.54) is 12.1 Å². The van der Waals surface area contributed by atoms with Gasteiger partial charge in [0.2, 0.25) is 0 Å². The van der Waals surface area contributed by atoms with E-state index in [-0.39, 0.29) is 11.3 Å². The maximum absolute atomic E-state index is 12.0. The van der Waals surface area contributed by atoms with E-state index in [4.69, 9.17) is 0 Å². The van der Waals surface area contributed by atoms with Gasteiger partial charge in [0.05, 0.1) is 4.92 Å². The molecule has 108 valence electrons. The number of pyridine rings is 1. The number of amides is 1. The van der Waals surface area contributed by atoms with E-state index in [1.807, 2.05) is 18.2 Å². The number of nitrogens with zero attached hydrogens (tertiary/aromatic N) is 2. The molecule has 0 radical (unpaired) electrons. The van der Waals surface area contributed by atoms with Gasteiger partial charge >= 0.3 is 0 Å². The van der Waals surface area contributed by atoms with Gasteiger partial charge < -0.3 is 5.32 Å². The van der Waals surface area contributed by atoms with Crippen molar-refractivity contribution in [2.75, 3.05) is 6.54 Å². The van der Waals surface area contributed by atoms with Crippen molar-refractivity contribution in [2.24, 2.45) is 0 Å². The molecule has 7 heteroatoms. The van der Waals surface area contributed by atoms with Gasteiger partial charge in [0, 0.05) is 35.4 Å². The summed E-state index contributed by atoms with van der Waals surface area (Å²) in [6.45, 7) is 0.364. The molecule has 0 saturated carbocycles. The Labute approximate surface area is 129 Å². The van der Waals surface area contributed by atoms with Crippen molar-refractivity contribution in [1.29, 1.82) is 0 Å². The number of nitro groups is 1. The van der Waals surface area contributed by atoms with Crippen LogP contribution in [0, 0.1) is 10.1 Å². The van der Waals surface area contributed by atoms with Crippen molar-refractivity contribution < 1.29 is 9.72 Å². The molecule has 0 spiro atoms. The highest BCUT2D eigenvalue weighted by Gasteiger charge is 2.19. The minimum atomic E-state index is -0.571. The van der Waals surface area contributed by atoms with E-state index in [0.29, 0.717) is 17.4 Å². The van der Waals surface area contributed by atoms with Gasteiger partial charge in [-0.25, -0.2) is 0 Å². The largest absolute Gasteiger partial charge is 0.351 e. The second-order valence-electron chi connectivity index (χ2n) is 4.25. The van der Waals surface area contributed by atoms with Gasteiger partial charge in [0.1, 0.15) is 5.56 Å². The summed E-state index contributed by atoms with van der Waals surface area (Å²) in [5.74, 6) is -0.467. The Hall–Kier alpha value is -2.28. The average molecular weight is 350 g/mol. The minimum Gasteiger partial charge on any atom is -0.351 e. The molecule has 1 aromatic heterocycles. The Morgan fingerprint density at radius 2 is 2.14 bits per heavy atom. The third-order valence-electron chi connectivity index (χ3n) is 2.79. The van der Waals surface area contributed by atoms with Gasteiger partial charge in [0.15, 0.2) is 0 Å². The summed E-state index contributed by atoms with van der Waals surface area (Å²) < 4.78 is 0.555. The summed E-state index contributed by atoms with van der Waals surface area (Å²) in [6.07, 6.45) is 2.24. The molecule has 0 unspecified atom stereocenters. The minimum absolute atomic E-state index is 0.0456. The van der Waals surface area contributed by atoms with E-state index in [0.717, 1.165) is 5.69 Å². The maximum atomic E-state index is 12.0. The number of rotatable bonds is 5. The average Bonchev–Trinajstić information content (AvgIpc) is 2.48. The van der Waals surface area contributed by atoms with E-state index >= 15 is 0 Å². The number of carbonyl (C=O) groups is 1. The highest BCUT2D eigenvalue weighted by molar-refractivity contribution is 9.10. The summed E-state index contributed by atoms with van der Waals surface area (Å²) in [7, 11) is 0. The first-order valence-electron chi connectivity index (χ1n) is 6.20. The van der Waals surface area contributed by atoms with Gasteiger partial charge in [-0.05, 0) is 24.3 Å². The Balaban J connectivity index is 2.02. The van der Waals surface area contributed by atoms with Crippen molar-refractivity contribution in [1.82, 2.24) is 10.3 Å². The lowest BCUT2D eigenvalue weighted by molar-refractivity contribution is -0.385. The zero-order chi connectivity index (χ0) is 15.2. The van der Waals surface area contributed by atoms with E-state index in [1.54, 1.807) is 12.3 Å². The lowest BCUT2D eigenvalue weighted by Gasteiger charge is -2.06. The summed E-state index contributed by atoms with van der Waals surface area (Å²) in [5, 5.41) is 13.6. The Morgan fingerprint density at radius 3 is 2.81 bits per heavy atom. The number of hydrogen-bond acceptors (Lipinski definition) is 4.